The highest BCUT2D eigenvalue weighted by Gasteiger charge is 2.09. The first-order valence-electron chi connectivity index (χ1n) is 5.36. The average Bonchev–Trinajstić information content (AvgIpc) is 2.31. The zero-order valence-electron chi connectivity index (χ0n) is 9.65. The van der Waals surface area contributed by atoms with Crippen LogP contribution in [0.15, 0.2) is 33.5 Å². The van der Waals surface area contributed by atoms with Crippen molar-refractivity contribution >= 4 is 16.9 Å². The van der Waals surface area contributed by atoms with Gasteiger partial charge in [0.1, 0.15) is 11.3 Å². The number of rotatable bonds is 2. The number of hydrogen-bond acceptors (Lipinski definition) is 4. The van der Waals surface area contributed by atoms with Gasteiger partial charge in [0.2, 0.25) is 0 Å². The number of hydrogen-bond donors (Lipinski definition) is 0. The first-order chi connectivity index (χ1) is 8.11. The molecular formula is C13H12O4. The molecule has 2 rings (SSSR count). The van der Waals surface area contributed by atoms with E-state index in [1.165, 1.54) is 0 Å². The molecule has 17 heavy (non-hydrogen) atoms. The van der Waals surface area contributed by atoms with E-state index < -0.39 is 0 Å². The Balaban J connectivity index is 2.60. The summed E-state index contributed by atoms with van der Waals surface area (Å²) in [6, 6.07) is 6.69. The Hall–Kier alpha value is -2.10. The van der Waals surface area contributed by atoms with Gasteiger partial charge in [-0.25, -0.2) is 4.79 Å². The van der Waals surface area contributed by atoms with E-state index in [9.17, 15) is 9.59 Å². The molecule has 0 N–H and O–H groups in total. The van der Waals surface area contributed by atoms with Gasteiger partial charge in [-0.15, -0.1) is 0 Å². The fourth-order valence-electron chi connectivity index (χ4n) is 1.49. The first kappa shape index (κ1) is 11.4. The molecule has 2 aromatic rings. The summed E-state index contributed by atoms with van der Waals surface area (Å²) in [5.41, 5.74) is 0.524. The number of fused-ring (bicyclic) bond motifs is 1. The van der Waals surface area contributed by atoms with Gasteiger partial charge in [0.25, 0.3) is 0 Å². The molecule has 0 unspecified atom stereocenters. The maximum Gasteiger partial charge on any atom is 0.339 e. The van der Waals surface area contributed by atoms with Gasteiger partial charge in [-0.1, -0.05) is 13.0 Å². The largest absolute Gasteiger partial charge is 0.426 e. The molecule has 0 aliphatic rings. The molecule has 1 heterocycles. The van der Waals surface area contributed by atoms with Crippen molar-refractivity contribution in [2.24, 2.45) is 0 Å². The third-order valence-electron chi connectivity index (χ3n) is 2.42. The molecule has 0 aliphatic heterocycles. The molecule has 0 spiro atoms. The fourth-order valence-corrected chi connectivity index (χ4v) is 1.49. The summed E-state index contributed by atoms with van der Waals surface area (Å²) in [4.78, 5) is 22.6. The lowest BCUT2D eigenvalue weighted by atomic mass is 10.2. The normalized spacial score (nSPS) is 10.5. The minimum atomic E-state index is -0.378. The fraction of sp³-hybridized carbons (Fsp3) is 0.231. The summed E-state index contributed by atoms with van der Waals surface area (Å²) in [5.74, 6) is 0.0996. The number of ether oxygens (including phenoxy) is 1. The molecule has 1 aromatic carbocycles. The van der Waals surface area contributed by atoms with Crippen LogP contribution in [0.4, 0.5) is 0 Å². The van der Waals surface area contributed by atoms with Gasteiger partial charge in [-0.2, -0.15) is 0 Å². The molecular weight excluding hydrogens is 220 g/mol. The second kappa shape index (κ2) is 4.41. The van der Waals surface area contributed by atoms with E-state index >= 15 is 0 Å². The van der Waals surface area contributed by atoms with Crippen LogP contribution in [0.3, 0.4) is 0 Å². The maximum atomic E-state index is 11.3. The van der Waals surface area contributed by atoms with Crippen molar-refractivity contribution in [2.45, 2.75) is 20.3 Å². The summed E-state index contributed by atoms with van der Waals surface area (Å²) >= 11 is 0. The van der Waals surface area contributed by atoms with Gasteiger partial charge in [0.05, 0.1) is 5.39 Å². The molecule has 0 radical (unpaired) electrons. The van der Waals surface area contributed by atoms with Crippen molar-refractivity contribution in [3.63, 3.8) is 0 Å². The Morgan fingerprint density at radius 1 is 1.41 bits per heavy atom. The first-order valence-corrected chi connectivity index (χ1v) is 5.36. The number of carbonyl (C=O) groups excluding carboxylic acids is 1. The van der Waals surface area contributed by atoms with Crippen LogP contribution in [-0.2, 0) is 4.79 Å². The minimum absolute atomic E-state index is 0.298. The van der Waals surface area contributed by atoms with E-state index in [4.69, 9.17) is 9.15 Å². The maximum absolute atomic E-state index is 11.3. The van der Waals surface area contributed by atoms with Gasteiger partial charge < -0.3 is 9.15 Å². The van der Waals surface area contributed by atoms with Crippen LogP contribution < -0.4 is 10.4 Å². The zero-order valence-corrected chi connectivity index (χ0v) is 9.65. The standard InChI is InChI=1S/C13H12O4/c1-3-12(14)16-10-5-4-6-11-9(10)7-8(2)13(15)17-11/h4-7H,3H2,1-2H3. The van der Waals surface area contributed by atoms with E-state index in [1.807, 2.05) is 0 Å². The van der Waals surface area contributed by atoms with Gasteiger partial charge in [0.15, 0.2) is 0 Å². The summed E-state index contributed by atoms with van der Waals surface area (Å²) < 4.78 is 10.3. The van der Waals surface area contributed by atoms with Gasteiger partial charge in [-0.3, -0.25) is 4.79 Å². The topological polar surface area (TPSA) is 56.5 Å². The van der Waals surface area contributed by atoms with Crippen LogP contribution >= 0.6 is 0 Å². The third-order valence-corrected chi connectivity index (χ3v) is 2.42. The van der Waals surface area contributed by atoms with Crippen molar-refractivity contribution in [1.29, 1.82) is 0 Å². The molecule has 0 bridgehead atoms. The lowest BCUT2D eigenvalue weighted by Gasteiger charge is -2.06. The predicted octanol–water partition coefficient (Wildman–Crippen LogP) is 2.42. The molecule has 0 saturated heterocycles. The molecule has 4 nitrogen and oxygen atoms in total. The van der Waals surface area contributed by atoms with Gasteiger partial charge in [-0.05, 0) is 25.1 Å². The Labute approximate surface area is 97.8 Å². The lowest BCUT2D eigenvalue weighted by Crippen LogP contribution is -2.07. The van der Waals surface area contributed by atoms with Crippen LogP contribution in [-0.4, -0.2) is 5.97 Å². The van der Waals surface area contributed by atoms with Crippen LogP contribution in [0.1, 0.15) is 18.9 Å². The second-order valence-electron chi connectivity index (χ2n) is 3.71. The van der Waals surface area contributed by atoms with Crippen molar-refractivity contribution in [3.05, 3.63) is 40.2 Å². The van der Waals surface area contributed by atoms with E-state index in [-0.39, 0.29) is 11.6 Å². The Bertz CT molecular complexity index is 625. The Morgan fingerprint density at radius 3 is 2.88 bits per heavy atom. The van der Waals surface area contributed by atoms with E-state index in [1.54, 1.807) is 38.1 Å². The van der Waals surface area contributed by atoms with E-state index in [2.05, 4.69) is 0 Å². The van der Waals surface area contributed by atoms with Gasteiger partial charge >= 0.3 is 11.6 Å². The van der Waals surface area contributed by atoms with Crippen LogP contribution in [0.2, 0.25) is 0 Å². The zero-order chi connectivity index (χ0) is 12.4. The molecule has 4 heteroatoms. The summed E-state index contributed by atoms with van der Waals surface area (Å²) in [6.07, 6.45) is 0.298. The number of aryl methyl sites for hydroxylation is 1. The molecule has 0 atom stereocenters. The van der Waals surface area contributed by atoms with Crippen molar-refractivity contribution in [2.75, 3.05) is 0 Å². The lowest BCUT2D eigenvalue weighted by molar-refractivity contribution is -0.133. The van der Waals surface area contributed by atoms with Gasteiger partial charge in [0, 0.05) is 12.0 Å². The highest BCUT2D eigenvalue weighted by Crippen LogP contribution is 2.25. The Morgan fingerprint density at radius 2 is 2.18 bits per heavy atom. The number of carbonyl (C=O) groups is 1. The highest BCUT2D eigenvalue weighted by atomic mass is 16.5. The van der Waals surface area contributed by atoms with Crippen molar-refractivity contribution in [1.82, 2.24) is 0 Å². The predicted molar refractivity (Wildman–Crippen MR) is 63.1 cm³/mol. The van der Waals surface area contributed by atoms with Crippen LogP contribution in [0.25, 0.3) is 11.0 Å². The number of benzene rings is 1. The monoisotopic (exact) mass is 232 g/mol. The van der Waals surface area contributed by atoms with Crippen LogP contribution in [0.5, 0.6) is 5.75 Å². The highest BCUT2D eigenvalue weighted by molar-refractivity contribution is 5.86. The third kappa shape index (κ3) is 2.20. The molecule has 1 aromatic heterocycles. The number of esters is 1. The van der Waals surface area contributed by atoms with E-state index in [0.29, 0.717) is 28.7 Å². The smallest absolute Gasteiger partial charge is 0.339 e. The summed E-state index contributed by atoms with van der Waals surface area (Å²) in [7, 11) is 0. The summed E-state index contributed by atoms with van der Waals surface area (Å²) in [5, 5.41) is 0.631. The molecule has 0 amide bonds. The van der Waals surface area contributed by atoms with Crippen molar-refractivity contribution < 1.29 is 13.9 Å². The molecule has 0 fully saturated rings. The minimum Gasteiger partial charge on any atom is -0.426 e. The quantitative estimate of drug-likeness (QED) is 0.453. The molecule has 88 valence electrons. The van der Waals surface area contributed by atoms with Crippen molar-refractivity contribution in [3.8, 4) is 5.75 Å². The second-order valence-corrected chi connectivity index (χ2v) is 3.71. The SMILES string of the molecule is CCC(=O)Oc1cccc2oc(=O)c(C)cc12. The summed E-state index contributed by atoms with van der Waals surface area (Å²) in [6.45, 7) is 3.38. The molecule has 0 saturated carbocycles. The average molecular weight is 232 g/mol. The van der Waals surface area contributed by atoms with Crippen LogP contribution in [0, 0.1) is 6.92 Å². The Kier molecular flexibility index (Phi) is 2.95. The van der Waals surface area contributed by atoms with E-state index in [0.717, 1.165) is 0 Å². The molecule has 0 aliphatic carbocycles.